The number of carbonyl (C=O) groups is 1. The van der Waals surface area contributed by atoms with Crippen molar-refractivity contribution in [1.82, 2.24) is 19.2 Å². The number of nitrogens with zero attached hydrogens (tertiary/aromatic N) is 3. The zero-order valence-corrected chi connectivity index (χ0v) is 19.0. The molecule has 2 aromatic heterocycles. The maximum absolute atomic E-state index is 13.1. The molecule has 0 unspecified atom stereocenters. The molecule has 0 aliphatic carbocycles. The molecular weight excluding hydrogens is 416 g/mol. The molecule has 31 heavy (non-hydrogen) atoms. The van der Waals surface area contributed by atoms with Gasteiger partial charge in [0.05, 0.1) is 0 Å². The second-order valence-corrected chi connectivity index (χ2v) is 11.4. The molecule has 4 heterocycles. The lowest BCUT2D eigenvalue weighted by molar-refractivity contribution is -0.136. The van der Waals surface area contributed by atoms with E-state index in [1.54, 1.807) is 15.4 Å². The smallest absolute Gasteiger partial charge is 0.223 e. The second-order valence-electron chi connectivity index (χ2n) is 9.17. The van der Waals surface area contributed by atoms with E-state index in [4.69, 9.17) is 0 Å². The van der Waals surface area contributed by atoms with Crippen LogP contribution < -0.4 is 0 Å². The fourth-order valence-electron chi connectivity index (χ4n) is 4.64. The Kier molecular flexibility index (Phi) is 6.37. The monoisotopic (exact) mass is 448 g/mol. The highest BCUT2D eigenvalue weighted by Crippen LogP contribution is 2.34. The second kappa shape index (κ2) is 8.88. The first-order valence-electron chi connectivity index (χ1n) is 11.1. The minimum absolute atomic E-state index is 0.0274. The SMILES string of the molecule is CC(C)[C@@H](CO)CC(=O)N1CC(S(=O)(=O)N2CCC(c3c[nH]c4ncccc34)CC2)C1. The fourth-order valence-corrected chi connectivity index (χ4v) is 6.52. The quantitative estimate of drug-likeness (QED) is 0.673. The normalized spacial score (nSPS) is 20.3. The minimum atomic E-state index is -3.41. The first-order valence-corrected chi connectivity index (χ1v) is 12.6. The maximum atomic E-state index is 13.1. The Bertz CT molecular complexity index is 1020. The van der Waals surface area contributed by atoms with Crippen LogP contribution in [0.3, 0.4) is 0 Å². The van der Waals surface area contributed by atoms with Gasteiger partial charge in [0.1, 0.15) is 10.9 Å². The Morgan fingerprint density at radius 2 is 2.00 bits per heavy atom. The number of likely N-dealkylation sites (tertiary alicyclic amines) is 1. The van der Waals surface area contributed by atoms with Gasteiger partial charge in [0.25, 0.3) is 0 Å². The maximum Gasteiger partial charge on any atom is 0.223 e. The van der Waals surface area contributed by atoms with Gasteiger partial charge in [-0.15, -0.1) is 0 Å². The highest BCUT2D eigenvalue weighted by molar-refractivity contribution is 7.89. The van der Waals surface area contributed by atoms with Gasteiger partial charge < -0.3 is 15.0 Å². The lowest BCUT2D eigenvalue weighted by Crippen LogP contribution is -2.60. The van der Waals surface area contributed by atoms with E-state index in [9.17, 15) is 18.3 Å². The summed E-state index contributed by atoms with van der Waals surface area (Å²) in [4.78, 5) is 21.6. The summed E-state index contributed by atoms with van der Waals surface area (Å²) in [6.45, 7) is 5.45. The summed E-state index contributed by atoms with van der Waals surface area (Å²) in [7, 11) is -3.41. The van der Waals surface area contributed by atoms with Gasteiger partial charge in [0.15, 0.2) is 0 Å². The topological polar surface area (TPSA) is 107 Å². The first kappa shape index (κ1) is 22.2. The van der Waals surface area contributed by atoms with E-state index < -0.39 is 15.3 Å². The number of aliphatic hydroxyl groups excluding tert-OH is 1. The Morgan fingerprint density at radius 3 is 2.65 bits per heavy atom. The number of nitrogens with one attached hydrogen (secondary N) is 1. The average Bonchev–Trinajstić information content (AvgIpc) is 3.14. The number of aliphatic hydroxyl groups is 1. The number of hydrogen-bond acceptors (Lipinski definition) is 5. The van der Waals surface area contributed by atoms with Crippen molar-refractivity contribution < 1.29 is 18.3 Å². The molecule has 1 amide bonds. The number of hydrogen-bond donors (Lipinski definition) is 2. The van der Waals surface area contributed by atoms with Gasteiger partial charge in [-0.1, -0.05) is 13.8 Å². The third-order valence-corrected chi connectivity index (χ3v) is 9.20. The van der Waals surface area contributed by atoms with Gasteiger partial charge >= 0.3 is 0 Å². The van der Waals surface area contributed by atoms with Gasteiger partial charge in [-0.2, -0.15) is 0 Å². The molecule has 2 aliphatic rings. The molecule has 9 heteroatoms. The minimum Gasteiger partial charge on any atom is -0.396 e. The zero-order valence-electron chi connectivity index (χ0n) is 18.2. The van der Waals surface area contributed by atoms with Crippen molar-refractivity contribution in [3.05, 3.63) is 30.1 Å². The Morgan fingerprint density at radius 1 is 1.29 bits per heavy atom. The molecule has 8 nitrogen and oxygen atoms in total. The molecule has 0 saturated carbocycles. The summed E-state index contributed by atoms with van der Waals surface area (Å²) in [5, 5.41) is 10.0. The molecule has 2 aliphatic heterocycles. The van der Waals surface area contributed by atoms with Crippen LogP contribution in [0, 0.1) is 11.8 Å². The largest absolute Gasteiger partial charge is 0.396 e. The summed E-state index contributed by atoms with van der Waals surface area (Å²) in [5.41, 5.74) is 2.08. The first-order chi connectivity index (χ1) is 14.8. The average molecular weight is 449 g/mol. The molecule has 0 aromatic carbocycles. The van der Waals surface area contributed by atoms with Gasteiger partial charge in [-0.3, -0.25) is 4.79 Å². The van der Waals surface area contributed by atoms with Crippen LogP contribution in [0.25, 0.3) is 11.0 Å². The number of pyridine rings is 1. The van der Waals surface area contributed by atoms with E-state index in [2.05, 4.69) is 16.0 Å². The molecule has 2 aromatic rings. The summed E-state index contributed by atoms with van der Waals surface area (Å²) >= 11 is 0. The van der Waals surface area contributed by atoms with Crippen LogP contribution >= 0.6 is 0 Å². The van der Waals surface area contributed by atoms with E-state index in [1.165, 1.54) is 5.56 Å². The highest BCUT2D eigenvalue weighted by Gasteiger charge is 2.44. The molecule has 1 atom stereocenters. The van der Waals surface area contributed by atoms with E-state index >= 15 is 0 Å². The molecule has 2 N–H and O–H groups in total. The fraction of sp³-hybridized carbons (Fsp3) is 0.636. The lowest BCUT2D eigenvalue weighted by Gasteiger charge is -2.42. The third-order valence-electron chi connectivity index (χ3n) is 6.97. The van der Waals surface area contributed by atoms with Crippen LogP contribution in [0.15, 0.2) is 24.5 Å². The number of rotatable bonds is 7. The van der Waals surface area contributed by atoms with Crippen molar-refractivity contribution >= 4 is 27.0 Å². The van der Waals surface area contributed by atoms with Crippen molar-refractivity contribution in [3.8, 4) is 0 Å². The van der Waals surface area contributed by atoms with E-state index in [-0.39, 0.29) is 43.9 Å². The van der Waals surface area contributed by atoms with Crippen molar-refractivity contribution in [3.63, 3.8) is 0 Å². The molecule has 2 fully saturated rings. The number of carbonyl (C=O) groups excluding carboxylic acids is 1. The van der Waals surface area contributed by atoms with Crippen molar-refractivity contribution in [2.24, 2.45) is 11.8 Å². The number of aromatic nitrogens is 2. The van der Waals surface area contributed by atoms with Gasteiger partial charge in [-0.25, -0.2) is 17.7 Å². The van der Waals surface area contributed by atoms with Gasteiger partial charge in [-0.05, 0) is 48.3 Å². The van der Waals surface area contributed by atoms with Crippen LogP contribution in [0.5, 0.6) is 0 Å². The summed E-state index contributed by atoms with van der Waals surface area (Å²) in [5.74, 6) is 0.382. The summed E-state index contributed by atoms with van der Waals surface area (Å²) < 4.78 is 27.7. The molecule has 4 rings (SSSR count). The summed E-state index contributed by atoms with van der Waals surface area (Å²) in [6.07, 6.45) is 5.59. The molecule has 0 radical (unpaired) electrons. The highest BCUT2D eigenvalue weighted by atomic mass is 32.2. The predicted molar refractivity (Wildman–Crippen MR) is 119 cm³/mol. The standard InChI is InChI=1S/C22H32N4O4S/c1-15(2)17(14-27)10-21(28)25-12-18(13-25)31(29,30)26-8-5-16(6-9-26)20-11-24-22-19(20)4-3-7-23-22/h3-4,7,11,15-18,27H,5-6,8-10,12-14H2,1-2H3,(H,23,24)/t17-/m1/s1. The van der Waals surface area contributed by atoms with Crippen molar-refractivity contribution in [2.45, 2.75) is 44.3 Å². The number of H-pyrrole nitrogens is 1. The number of sulfonamides is 1. The predicted octanol–water partition coefficient (Wildman–Crippen LogP) is 1.94. The van der Waals surface area contributed by atoms with E-state index in [1.807, 2.05) is 26.1 Å². The Balaban J connectivity index is 1.31. The Labute approximate surface area is 183 Å². The number of fused-ring (bicyclic) bond motifs is 1. The number of aromatic amines is 1. The number of piperidine rings is 1. The molecular formula is C22H32N4O4S. The molecule has 2 saturated heterocycles. The molecule has 0 spiro atoms. The van der Waals surface area contributed by atoms with Crippen molar-refractivity contribution in [1.29, 1.82) is 0 Å². The molecule has 0 bridgehead atoms. The summed E-state index contributed by atoms with van der Waals surface area (Å²) in [6, 6.07) is 3.98. The van der Waals surface area contributed by atoms with Crippen LogP contribution in [-0.4, -0.2) is 76.6 Å². The number of amides is 1. The molecule has 170 valence electrons. The van der Waals surface area contributed by atoms with Gasteiger partial charge in [0.2, 0.25) is 15.9 Å². The van der Waals surface area contributed by atoms with E-state index in [0.29, 0.717) is 19.0 Å². The van der Waals surface area contributed by atoms with Crippen LogP contribution in [0.2, 0.25) is 0 Å². The van der Waals surface area contributed by atoms with E-state index in [0.717, 1.165) is 23.9 Å². The van der Waals surface area contributed by atoms with Crippen LogP contribution in [-0.2, 0) is 14.8 Å². The zero-order chi connectivity index (χ0) is 22.2. The van der Waals surface area contributed by atoms with Crippen molar-refractivity contribution in [2.75, 3.05) is 32.8 Å². The van der Waals surface area contributed by atoms with Crippen LogP contribution in [0.4, 0.5) is 0 Å². The Hall–Kier alpha value is -1.97. The lowest BCUT2D eigenvalue weighted by atomic mass is 9.90. The van der Waals surface area contributed by atoms with Gasteiger partial charge in [0, 0.05) is 57.0 Å². The third kappa shape index (κ3) is 4.36. The van der Waals surface area contributed by atoms with Crippen LogP contribution in [0.1, 0.15) is 44.6 Å².